The first-order chi connectivity index (χ1) is 11.3. The molecule has 0 bridgehead atoms. The molecule has 1 heterocycles. The molecular formula is C16H15F3N4O. The van der Waals surface area contributed by atoms with E-state index in [-0.39, 0.29) is 23.5 Å². The Morgan fingerprint density at radius 2 is 1.92 bits per heavy atom. The van der Waals surface area contributed by atoms with E-state index in [0.29, 0.717) is 11.3 Å². The number of aryl methyl sites for hydroxylation is 1. The fourth-order valence-electron chi connectivity index (χ4n) is 2.22. The molecular weight excluding hydrogens is 321 g/mol. The van der Waals surface area contributed by atoms with Crippen molar-refractivity contribution >= 4 is 5.82 Å². The van der Waals surface area contributed by atoms with Crippen molar-refractivity contribution in [3.8, 4) is 6.07 Å². The summed E-state index contributed by atoms with van der Waals surface area (Å²) in [6, 6.07) is 6.78. The standard InChI is InChI=1S/C16H15F3N4O/c1-9-10(2)22-23-15(12(9)7-20)21-8-14(24)11-5-3-4-6-13(11)16(17,18)19/h3-6,14,24H,8H2,1-2H3,(H,21,23)/t14-/m1/s1. The Morgan fingerprint density at radius 1 is 1.25 bits per heavy atom. The first-order valence-corrected chi connectivity index (χ1v) is 7.07. The molecule has 0 fully saturated rings. The highest BCUT2D eigenvalue weighted by Gasteiger charge is 2.34. The van der Waals surface area contributed by atoms with Crippen molar-refractivity contribution in [2.75, 3.05) is 11.9 Å². The molecule has 0 saturated heterocycles. The van der Waals surface area contributed by atoms with Gasteiger partial charge in [0.2, 0.25) is 0 Å². The second kappa shape index (κ2) is 6.84. The topological polar surface area (TPSA) is 81.8 Å². The number of anilines is 1. The third-order valence-electron chi connectivity index (χ3n) is 3.65. The number of alkyl halides is 3. The summed E-state index contributed by atoms with van der Waals surface area (Å²) in [7, 11) is 0. The summed E-state index contributed by atoms with van der Waals surface area (Å²) in [5.74, 6) is 0.129. The Morgan fingerprint density at radius 3 is 2.54 bits per heavy atom. The molecule has 2 aromatic rings. The number of nitrogens with zero attached hydrogens (tertiary/aromatic N) is 3. The van der Waals surface area contributed by atoms with Crippen LogP contribution in [0.15, 0.2) is 24.3 Å². The zero-order valence-corrected chi connectivity index (χ0v) is 13.0. The highest BCUT2D eigenvalue weighted by molar-refractivity contribution is 5.55. The smallest absolute Gasteiger partial charge is 0.387 e. The van der Waals surface area contributed by atoms with E-state index in [0.717, 1.165) is 6.07 Å². The van der Waals surface area contributed by atoms with Gasteiger partial charge in [0.05, 0.1) is 17.4 Å². The Labute approximate surface area is 136 Å². The Kier molecular flexibility index (Phi) is 5.04. The lowest BCUT2D eigenvalue weighted by atomic mass is 10.0. The molecule has 1 aromatic heterocycles. The van der Waals surface area contributed by atoms with Crippen molar-refractivity contribution in [2.45, 2.75) is 26.1 Å². The number of hydrogen-bond donors (Lipinski definition) is 2. The second-order valence-electron chi connectivity index (χ2n) is 5.23. The van der Waals surface area contributed by atoms with Crippen LogP contribution in [0.3, 0.4) is 0 Å². The van der Waals surface area contributed by atoms with Crippen LogP contribution in [0, 0.1) is 25.2 Å². The average molecular weight is 336 g/mol. The summed E-state index contributed by atoms with van der Waals surface area (Å²) < 4.78 is 39.0. The molecule has 0 amide bonds. The summed E-state index contributed by atoms with van der Waals surface area (Å²) in [5, 5.41) is 29.7. The lowest BCUT2D eigenvalue weighted by molar-refractivity contribution is -0.139. The molecule has 2 rings (SSSR count). The minimum absolute atomic E-state index is 0.129. The molecule has 2 N–H and O–H groups in total. The lowest BCUT2D eigenvalue weighted by Gasteiger charge is -2.18. The third kappa shape index (κ3) is 3.63. The largest absolute Gasteiger partial charge is 0.416 e. The molecule has 0 aliphatic carbocycles. The number of rotatable bonds is 4. The van der Waals surface area contributed by atoms with E-state index in [9.17, 15) is 23.5 Å². The van der Waals surface area contributed by atoms with Crippen LogP contribution >= 0.6 is 0 Å². The second-order valence-corrected chi connectivity index (χ2v) is 5.23. The summed E-state index contributed by atoms with van der Waals surface area (Å²) in [6.07, 6.45) is -5.98. The number of benzene rings is 1. The Balaban J connectivity index is 2.23. The van der Waals surface area contributed by atoms with Crippen LogP contribution in [0.25, 0.3) is 0 Å². The maximum Gasteiger partial charge on any atom is 0.416 e. The number of nitrogens with one attached hydrogen (secondary N) is 1. The monoisotopic (exact) mass is 336 g/mol. The van der Waals surface area contributed by atoms with Gasteiger partial charge in [-0.3, -0.25) is 0 Å². The van der Waals surface area contributed by atoms with E-state index in [1.807, 2.05) is 6.07 Å². The van der Waals surface area contributed by atoms with Crippen LogP contribution in [0.4, 0.5) is 19.0 Å². The fourth-order valence-corrected chi connectivity index (χ4v) is 2.22. The summed E-state index contributed by atoms with van der Waals surface area (Å²) in [4.78, 5) is 0. The van der Waals surface area contributed by atoms with E-state index in [1.165, 1.54) is 18.2 Å². The maximum atomic E-state index is 13.0. The van der Waals surface area contributed by atoms with Gasteiger partial charge in [0.1, 0.15) is 11.6 Å². The predicted octanol–water partition coefficient (Wildman–Crippen LogP) is 3.13. The van der Waals surface area contributed by atoms with E-state index in [1.54, 1.807) is 13.8 Å². The van der Waals surface area contributed by atoms with Crippen molar-refractivity contribution in [3.05, 3.63) is 52.2 Å². The van der Waals surface area contributed by atoms with Crippen molar-refractivity contribution in [2.24, 2.45) is 0 Å². The lowest BCUT2D eigenvalue weighted by Crippen LogP contribution is -2.19. The van der Waals surface area contributed by atoms with Crippen molar-refractivity contribution in [1.82, 2.24) is 10.2 Å². The summed E-state index contributed by atoms with van der Waals surface area (Å²) >= 11 is 0. The molecule has 1 aromatic carbocycles. The van der Waals surface area contributed by atoms with E-state index < -0.39 is 17.8 Å². The number of nitriles is 1. The van der Waals surface area contributed by atoms with Gasteiger partial charge in [-0.25, -0.2) is 0 Å². The van der Waals surface area contributed by atoms with Gasteiger partial charge in [0.25, 0.3) is 0 Å². The molecule has 24 heavy (non-hydrogen) atoms. The van der Waals surface area contributed by atoms with E-state index >= 15 is 0 Å². The van der Waals surface area contributed by atoms with Gasteiger partial charge < -0.3 is 10.4 Å². The van der Waals surface area contributed by atoms with Gasteiger partial charge in [-0.1, -0.05) is 18.2 Å². The molecule has 5 nitrogen and oxygen atoms in total. The quantitative estimate of drug-likeness (QED) is 0.896. The van der Waals surface area contributed by atoms with Gasteiger partial charge >= 0.3 is 6.18 Å². The minimum atomic E-state index is -4.56. The Hall–Kier alpha value is -2.66. The minimum Gasteiger partial charge on any atom is -0.387 e. The number of aliphatic hydroxyl groups excluding tert-OH is 1. The summed E-state index contributed by atoms with van der Waals surface area (Å²) in [5.41, 5.74) is 0.317. The maximum absolute atomic E-state index is 13.0. The fraction of sp³-hybridized carbons (Fsp3) is 0.312. The molecule has 8 heteroatoms. The first-order valence-electron chi connectivity index (χ1n) is 7.07. The van der Waals surface area contributed by atoms with Gasteiger partial charge in [0, 0.05) is 6.54 Å². The first kappa shape index (κ1) is 17.7. The van der Waals surface area contributed by atoms with Crippen LogP contribution in [-0.4, -0.2) is 21.8 Å². The molecule has 0 aliphatic rings. The van der Waals surface area contributed by atoms with E-state index in [4.69, 9.17) is 0 Å². The van der Waals surface area contributed by atoms with Crippen LogP contribution in [0.2, 0.25) is 0 Å². The number of aromatic nitrogens is 2. The molecule has 0 aliphatic heterocycles. The van der Waals surface area contributed by atoms with Gasteiger partial charge in [-0.2, -0.15) is 23.5 Å². The molecule has 0 saturated carbocycles. The third-order valence-corrected chi connectivity index (χ3v) is 3.65. The normalized spacial score (nSPS) is 12.5. The van der Waals surface area contributed by atoms with Crippen LogP contribution in [-0.2, 0) is 6.18 Å². The Bertz CT molecular complexity index is 784. The van der Waals surface area contributed by atoms with Gasteiger partial charge in [0.15, 0.2) is 5.82 Å². The van der Waals surface area contributed by atoms with Crippen molar-refractivity contribution < 1.29 is 18.3 Å². The summed E-state index contributed by atoms with van der Waals surface area (Å²) in [6.45, 7) is 3.16. The van der Waals surface area contributed by atoms with Crippen LogP contribution in [0.5, 0.6) is 0 Å². The van der Waals surface area contributed by atoms with Gasteiger partial charge in [-0.05, 0) is 31.0 Å². The van der Waals surface area contributed by atoms with Crippen LogP contribution in [0.1, 0.15) is 34.1 Å². The number of aliphatic hydroxyl groups is 1. The van der Waals surface area contributed by atoms with E-state index in [2.05, 4.69) is 15.5 Å². The number of hydrogen-bond acceptors (Lipinski definition) is 5. The predicted molar refractivity (Wildman–Crippen MR) is 81.1 cm³/mol. The highest BCUT2D eigenvalue weighted by atomic mass is 19.4. The molecule has 0 spiro atoms. The van der Waals surface area contributed by atoms with Crippen LogP contribution < -0.4 is 5.32 Å². The zero-order chi connectivity index (χ0) is 17.9. The zero-order valence-electron chi connectivity index (χ0n) is 13.0. The molecule has 0 unspecified atom stereocenters. The van der Waals surface area contributed by atoms with Crippen molar-refractivity contribution in [1.29, 1.82) is 5.26 Å². The average Bonchev–Trinajstić information content (AvgIpc) is 2.54. The number of halogens is 3. The highest BCUT2D eigenvalue weighted by Crippen LogP contribution is 2.34. The molecule has 126 valence electrons. The molecule has 0 radical (unpaired) electrons. The van der Waals surface area contributed by atoms with Gasteiger partial charge in [-0.15, -0.1) is 5.10 Å². The SMILES string of the molecule is Cc1nnc(NC[C@@H](O)c2ccccc2C(F)(F)F)c(C#N)c1C. The van der Waals surface area contributed by atoms with Crippen molar-refractivity contribution in [3.63, 3.8) is 0 Å². The molecule has 1 atom stereocenters.